The number of nitrogens with zero attached hydrogens (tertiary/aromatic N) is 1. The summed E-state index contributed by atoms with van der Waals surface area (Å²) in [5.74, 6) is -0.429. The van der Waals surface area contributed by atoms with E-state index in [1.54, 1.807) is 14.1 Å². The van der Waals surface area contributed by atoms with Gasteiger partial charge >= 0.3 is 0 Å². The van der Waals surface area contributed by atoms with Crippen molar-refractivity contribution in [2.24, 2.45) is 5.73 Å². The van der Waals surface area contributed by atoms with Crippen LogP contribution in [0, 0.1) is 0 Å². The van der Waals surface area contributed by atoms with Crippen molar-refractivity contribution in [2.75, 3.05) is 20.6 Å². The lowest BCUT2D eigenvalue weighted by Crippen LogP contribution is -2.53. The van der Waals surface area contributed by atoms with Gasteiger partial charge < -0.3 is 10.6 Å². The fourth-order valence-electron chi connectivity index (χ4n) is 2.30. The van der Waals surface area contributed by atoms with Crippen molar-refractivity contribution < 1.29 is 13.2 Å². The number of rotatable bonds is 5. The van der Waals surface area contributed by atoms with Gasteiger partial charge in [-0.25, -0.2) is 13.1 Å². The van der Waals surface area contributed by atoms with E-state index in [2.05, 4.69) is 4.72 Å². The summed E-state index contributed by atoms with van der Waals surface area (Å²) in [5.41, 5.74) is 5.71. The quantitative estimate of drug-likeness (QED) is 0.767. The zero-order valence-electron chi connectivity index (χ0n) is 12.4. The second kappa shape index (κ2) is 7.59. The average Bonchev–Trinajstić information content (AvgIpc) is 2.35. The van der Waals surface area contributed by atoms with Gasteiger partial charge in [0.25, 0.3) is 0 Å². The topological polar surface area (TPSA) is 92.5 Å². The number of nitrogens with one attached hydrogen (secondary N) is 1. The lowest BCUT2D eigenvalue weighted by Gasteiger charge is -2.33. The van der Waals surface area contributed by atoms with Crippen molar-refractivity contribution >= 4 is 28.3 Å². The summed E-state index contributed by atoms with van der Waals surface area (Å²) < 4.78 is 26.6. The first kappa shape index (κ1) is 19.6. The van der Waals surface area contributed by atoms with Crippen molar-refractivity contribution in [2.45, 2.75) is 49.8 Å². The Morgan fingerprint density at radius 2 is 1.80 bits per heavy atom. The Morgan fingerprint density at radius 1 is 1.30 bits per heavy atom. The Balaban J connectivity index is 0.00000361. The van der Waals surface area contributed by atoms with Crippen LogP contribution in [0.25, 0.3) is 0 Å². The van der Waals surface area contributed by atoms with Crippen molar-refractivity contribution in [1.29, 1.82) is 0 Å². The van der Waals surface area contributed by atoms with Crippen LogP contribution in [0.1, 0.15) is 39.0 Å². The number of amides is 1. The van der Waals surface area contributed by atoms with E-state index in [-0.39, 0.29) is 19.0 Å². The van der Waals surface area contributed by atoms with E-state index < -0.39 is 26.7 Å². The molecule has 0 heterocycles. The van der Waals surface area contributed by atoms with Crippen LogP contribution < -0.4 is 10.5 Å². The molecule has 0 saturated heterocycles. The van der Waals surface area contributed by atoms with E-state index in [4.69, 9.17) is 5.73 Å². The first-order chi connectivity index (χ1) is 8.68. The minimum Gasteiger partial charge on any atom is -0.348 e. The van der Waals surface area contributed by atoms with Gasteiger partial charge in [-0.05, 0) is 19.8 Å². The molecule has 1 aliphatic carbocycles. The van der Waals surface area contributed by atoms with E-state index >= 15 is 0 Å². The standard InChI is InChI=1S/C12H25N3O3S.ClH/c1-10(11(16)15(2)3)19(17,18)14-9-12(13)7-5-4-6-8-12;/h10,14H,4-9,13H2,1-3H3;1H. The zero-order valence-corrected chi connectivity index (χ0v) is 14.0. The molecule has 1 unspecified atom stereocenters. The third-order valence-corrected chi connectivity index (χ3v) is 5.41. The molecule has 0 spiro atoms. The van der Waals surface area contributed by atoms with Crippen LogP contribution >= 0.6 is 12.4 Å². The van der Waals surface area contributed by atoms with Crippen LogP contribution in [-0.4, -0.2) is 50.7 Å². The second-order valence-electron chi connectivity index (χ2n) is 5.66. The van der Waals surface area contributed by atoms with Gasteiger partial charge in [0, 0.05) is 26.2 Å². The van der Waals surface area contributed by atoms with E-state index in [1.165, 1.54) is 11.8 Å². The molecule has 8 heteroatoms. The highest BCUT2D eigenvalue weighted by Crippen LogP contribution is 2.25. The molecule has 0 bridgehead atoms. The highest BCUT2D eigenvalue weighted by atomic mass is 35.5. The van der Waals surface area contributed by atoms with Crippen LogP contribution in [-0.2, 0) is 14.8 Å². The summed E-state index contributed by atoms with van der Waals surface area (Å²) in [4.78, 5) is 13.0. The molecule has 1 rings (SSSR count). The Labute approximate surface area is 127 Å². The van der Waals surface area contributed by atoms with E-state index in [9.17, 15) is 13.2 Å². The van der Waals surface area contributed by atoms with E-state index in [0.717, 1.165) is 32.1 Å². The number of hydrogen-bond acceptors (Lipinski definition) is 4. The second-order valence-corrected chi connectivity index (χ2v) is 7.75. The molecule has 0 aromatic heterocycles. The number of hydrogen-bond donors (Lipinski definition) is 2. The van der Waals surface area contributed by atoms with Gasteiger partial charge in [-0.1, -0.05) is 19.3 Å². The Kier molecular flexibility index (Phi) is 7.44. The molecule has 1 amide bonds. The molecule has 0 aliphatic heterocycles. The summed E-state index contributed by atoms with van der Waals surface area (Å²) in [5, 5.41) is -1.09. The van der Waals surface area contributed by atoms with Crippen LogP contribution in [0.2, 0.25) is 0 Å². The summed E-state index contributed by atoms with van der Waals surface area (Å²) in [7, 11) is -0.580. The first-order valence-electron chi connectivity index (χ1n) is 6.66. The molecular weight excluding hydrogens is 302 g/mol. The van der Waals surface area contributed by atoms with Gasteiger partial charge in [-0.3, -0.25) is 4.79 Å². The maximum atomic E-state index is 12.0. The minimum atomic E-state index is -3.66. The number of halogens is 1. The maximum absolute atomic E-state index is 12.0. The number of carbonyl (C=O) groups is 1. The van der Waals surface area contributed by atoms with Crippen LogP contribution in [0.5, 0.6) is 0 Å². The average molecular weight is 328 g/mol. The Morgan fingerprint density at radius 3 is 2.25 bits per heavy atom. The van der Waals surface area contributed by atoms with Gasteiger partial charge in [0.1, 0.15) is 0 Å². The van der Waals surface area contributed by atoms with Crippen molar-refractivity contribution in [3.05, 3.63) is 0 Å². The molecule has 6 nitrogen and oxygen atoms in total. The predicted molar refractivity (Wildman–Crippen MR) is 82.3 cm³/mol. The summed E-state index contributed by atoms with van der Waals surface area (Å²) in [6.07, 6.45) is 4.87. The van der Waals surface area contributed by atoms with Gasteiger partial charge in [0.15, 0.2) is 5.25 Å². The lowest BCUT2D eigenvalue weighted by molar-refractivity contribution is -0.127. The molecular formula is C12H26ClN3O3S. The summed E-state index contributed by atoms with van der Waals surface area (Å²) in [6, 6.07) is 0. The van der Waals surface area contributed by atoms with Crippen molar-refractivity contribution in [3.63, 3.8) is 0 Å². The first-order valence-corrected chi connectivity index (χ1v) is 8.21. The number of carbonyl (C=O) groups excluding carboxylic acids is 1. The van der Waals surface area contributed by atoms with Crippen LogP contribution in [0.3, 0.4) is 0 Å². The molecule has 0 aromatic carbocycles. The Bertz CT molecular complexity index is 420. The Hall–Kier alpha value is -0.370. The van der Waals surface area contributed by atoms with Crippen LogP contribution in [0.15, 0.2) is 0 Å². The number of nitrogens with two attached hydrogens (primary N) is 1. The van der Waals surface area contributed by atoms with E-state index in [0.29, 0.717) is 0 Å². The summed E-state index contributed by atoms with van der Waals surface area (Å²) >= 11 is 0. The SMILES string of the molecule is CC(C(=O)N(C)C)S(=O)(=O)NCC1(N)CCCCC1.Cl. The third kappa shape index (κ3) is 5.20. The number of sulfonamides is 1. The third-order valence-electron chi connectivity index (χ3n) is 3.73. The molecule has 1 fully saturated rings. The molecule has 0 aromatic rings. The fraction of sp³-hybridized carbons (Fsp3) is 0.917. The van der Waals surface area contributed by atoms with Gasteiger partial charge in [-0.2, -0.15) is 0 Å². The zero-order chi connectivity index (χ0) is 14.7. The highest BCUT2D eigenvalue weighted by molar-refractivity contribution is 7.90. The fourth-order valence-corrected chi connectivity index (χ4v) is 3.51. The largest absolute Gasteiger partial charge is 0.348 e. The molecule has 0 radical (unpaired) electrons. The van der Waals surface area contributed by atoms with Crippen molar-refractivity contribution in [3.8, 4) is 0 Å². The smallest absolute Gasteiger partial charge is 0.241 e. The molecule has 120 valence electrons. The molecule has 1 aliphatic rings. The van der Waals surface area contributed by atoms with Gasteiger partial charge in [0.2, 0.25) is 15.9 Å². The minimum absolute atomic E-state index is 0. The molecule has 3 N–H and O–H groups in total. The van der Waals surface area contributed by atoms with Crippen LogP contribution in [0.4, 0.5) is 0 Å². The van der Waals surface area contributed by atoms with Gasteiger partial charge in [0.05, 0.1) is 0 Å². The molecule has 1 atom stereocenters. The lowest BCUT2D eigenvalue weighted by atomic mass is 9.83. The monoisotopic (exact) mass is 327 g/mol. The highest BCUT2D eigenvalue weighted by Gasteiger charge is 2.33. The maximum Gasteiger partial charge on any atom is 0.241 e. The predicted octanol–water partition coefficient (Wildman–Crippen LogP) is 0.466. The summed E-state index contributed by atoms with van der Waals surface area (Å²) in [6.45, 7) is 1.61. The molecule has 20 heavy (non-hydrogen) atoms. The van der Waals surface area contributed by atoms with E-state index in [1.807, 2.05) is 0 Å². The normalized spacial score (nSPS) is 19.8. The van der Waals surface area contributed by atoms with Gasteiger partial charge in [-0.15, -0.1) is 12.4 Å². The molecule has 1 saturated carbocycles. The van der Waals surface area contributed by atoms with Crippen molar-refractivity contribution in [1.82, 2.24) is 9.62 Å².